The van der Waals surface area contributed by atoms with Crippen LogP contribution in [-0.4, -0.2) is 5.91 Å². The van der Waals surface area contributed by atoms with Crippen LogP contribution in [0.4, 0.5) is 10.1 Å². The first kappa shape index (κ1) is 11.1. The van der Waals surface area contributed by atoms with Gasteiger partial charge in [-0.15, -0.1) is 0 Å². The maximum absolute atomic E-state index is 13.5. The Morgan fingerprint density at radius 3 is 2.75 bits per heavy atom. The van der Waals surface area contributed by atoms with Crippen LogP contribution in [0.1, 0.15) is 38.7 Å². The van der Waals surface area contributed by atoms with E-state index < -0.39 is 0 Å². The van der Waals surface area contributed by atoms with Gasteiger partial charge in [-0.05, 0) is 23.5 Å². The Morgan fingerprint density at radius 2 is 2.12 bits per heavy atom. The summed E-state index contributed by atoms with van der Waals surface area (Å²) in [4.78, 5) is 11.9. The molecule has 0 aliphatic carbocycles. The molecule has 1 aromatic rings. The monoisotopic (exact) mass is 221 g/mol. The number of rotatable bonds is 2. The van der Waals surface area contributed by atoms with Crippen molar-refractivity contribution in [2.45, 2.75) is 33.1 Å². The highest BCUT2D eigenvalue weighted by atomic mass is 19.1. The van der Waals surface area contributed by atoms with Crippen molar-refractivity contribution < 1.29 is 9.18 Å². The summed E-state index contributed by atoms with van der Waals surface area (Å²) in [6.07, 6.45) is 0.876. The summed E-state index contributed by atoms with van der Waals surface area (Å²) in [5.74, 6) is -0.685. The van der Waals surface area contributed by atoms with Gasteiger partial charge in [0.05, 0.1) is 11.6 Å². The standard InChI is InChI=1S/C13H16FNO/c1-4-13(2,3)10-8-6-5-7-9(14)11(8)15-12(10)16/h5-7,10H,4H2,1-3H3,(H,15,16). The van der Waals surface area contributed by atoms with Crippen molar-refractivity contribution in [2.24, 2.45) is 5.41 Å². The fourth-order valence-corrected chi connectivity index (χ4v) is 2.23. The number of nitrogens with one attached hydrogen (secondary N) is 1. The lowest BCUT2D eigenvalue weighted by Gasteiger charge is -2.28. The van der Waals surface area contributed by atoms with E-state index in [0.717, 1.165) is 12.0 Å². The van der Waals surface area contributed by atoms with Crippen LogP contribution < -0.4 is 5.32 Å². The second-order valence-corrected chi connectivity index (χ2v) is 4.97. The minimum Gasteiger partial charge on any atom is -0.323 e. The Bertz CT molecular complexity index is 440. The van der Waals surface area contributed by atoms with Crippen LogP contribution in [0.2, 0.25) is 0 Å². The molecule has 2 rings (SSSR count). The number of carbonyl (C=O) groups is 1. The van der Waals surface area contributed by atoms with Gasteiger partial charge >= 0.3 is 0 Å². The first-order valence-electron chi connectivity index (χ1n) is 5.56. The lowest BCUT2D eigenvalue weighted by Crippen LogP contribution is -2.27. The molecule has 0 saturated carbocycles. The number of halogens is 1. The van der Waals surface area contributed by atoms with E-state index in [-0.39, 0.29) is 23.1 Å². The van der Waals surface area contributed by atoms with Gasteiger partial charge in [0.15, 0.2) is 0 Å². The van der Waals surface area contributed by atoms with Crippen molar-refractivity contribution in [2.75, 3.05) is 5.32 Å². The number of hydrogen-bond donors (Lipinski definition) is 1. The van der Waals surface area contributed by atoms with Crippen LogP contribution in [0, 0.1) is 11.2 Å². The van der Waals surface area contributed by atoms with Crippen LogP contribution in [0.3, 0.4) is 0 Å². The number of para-hydroxylation sites is 1. The summed E-state index contributed by atoms with van der Waals surface area (Å²) in [7, 11) is 0. The molecule has 0 fully saturated rings. The summed E-state index contributed by atoms with van der Waals surface area (Å²) >= 11 is 0. The number of benzene rings is 1. The van der Waals surface area contributed by atoms with Gasteiger partial charge in [0.25, 0.3) is 0 Å². The molecular weight excluding hydrogens is 205 g/mol. The zero-order valence-corrected chi connectivity index (χ0v) is 9.80. The van der Waals surface area contributed by atoms with Gasteiger partial charge in [-0.1, -0.05) is 32.9 Å². The number of carbonyl (C=O) groups excluding carboxylic acids is 1. The van der Waals surface area contributed by atoms with E-state index in [1.807, 2.05) is 26.8 Å². The second kappa shape index (κ2) is 3.58. The van der Waals surface area contributed by atoms with Gasteiger partial charge in [0, 0.05) is 0 Å². The van der Waals surface area contributed by atoms with Crippen molar-refractivity contribution in [1.29, 1.82) is 0 Å². The van der Waals surface area contributed by atoms with E-state index in [0.29, 0.717) is 5.69 Å². The Morgan fingerprint density at radius 1 is 1.44 bits per heavy atom. The summed E-state index contributed by atoms with van der Waals surface area (Å²) in [5.41, 5.74) is 0.999. The Labute approximate surface area is 94.9 Å². The molecule has 86 valence electrons. The van der Waals surface area contributed by atoms with Crippen LogP contribution in [0.25, 0.3) is 0 Å². The third-order valence-corrected chi connectivity index (χ3v) is 3.56. The van der Waals surface area contributed by atoms with Crippen molar-refractivity contribution in [3.05, 3.63) is 29.6 Å². The molecule has 1 N–H and O–H groups in total. The van der Waals surface area contributed by atoms with E-state index in [9.17, 15) is 9.18 Å². The lowest BCUT2D eigenvalue weighted by atomic mass is 9.74. The predicted molar refractivity (Wildman–Crippen MR) is 61.8 cm³/mol. The quantitative estimate of drug-likeness (QED) is 0.815. The fraction of sp³-hybridized carbons (Fsp3) is 0.462. The molecule has 0 bridgehead atoms. The maximum Gasteiger partial charge on any atom is 0.232 e. The Hall–Kier alpha value is -1.38. The molecule has 1 aromatic carbocycles. The van der Waals surface area contributed by atoms with Gasteiger partial charge in [0.1, 0.15) is 5.82 Å². The molecule has 16 heavy (non-hydrogen) atoms. The normalized spacial score (nSPS) is 19.5. The number of fused-ring (bicyclic) bond motifs is 1. The summed E-state index contributed by atoms with van der Waals surface area (Å²) in [6, 6.07) is 4.87. The molecule has 1 aliphatic rings. The van der Waals surface area contributed by atoms with Gasteiger partial charge in [0.2, 0.25) is 5.91 Å². The summed E-state index contributed by atoms with van der Waals surface area (Å²) in [5, 5.41) is 2.64. The number of hydrogen-bond acceptors (Lipinski definition) is 1. The highest BCUT2D eigenvalue weighted by Crippen LogP contribution is 2.46. The molecule has 0 spiro atoms. The first-order valence-corrected chi connectivity index (χ1v) is 5.56. The lowest BCUT2D eigenvalue weighted by molar-refractivity contribution is -0.119. The van der Waals surface area contributed by atoms with E-state index in [1.165, 1.54) is 6.07 Å². The molecule has 1 atom stereocenters. The third-order valence-electron chi connectivity index (χ3n) is 3.56. The summed E-state index contributed by atoms with van der Waals surface area (Å²) < 4.78 is 13.5. The Kier molecular flexibility index (Phi) is 2.49. The zero-order chi connectivity index (χ0) is 11.9. The van der Waals surface area contributed by atoms with Crippen LogP contribution in [-0.2, 0) is 4.79 Å². The molecule has 1 aliphatic heterocycles. The predicted octanol–water partition coefficient (Wildman–Crippen LogP) is 3.30. The molecule has 3 heteroatoms. The van der Waals surface area contributed by atoms with Crippen molar-refractivity contribution in [3.63, 3.8) is 0 Å². The smallest absolute Gasteiger partial charge is 0.232 e. The highest BCUT2D eigenvalue weighted by Gasteiger charge is 2.41. The van der Waals surface area contributed by atoms with E-state index in [4.69, 9.17) is 0 Å². The van der Waals surface area contributed by atoms with E-state index in [2.05, 4.69) is 5.32 Å². The van der Waals surface area contributed by atoms with Crippen molar-refractivity contribution in [3.8, 4) is 0 Å². The van der Waals surface area contributed by atoms with Crippen LogP contribution in [0.5, 0.6) is 0 Å². The summed E-state index contributed by atoms with van der Waals surface area (Å²) in [6.45, 7) is 6.12. The maximum atomic E-state index is 13.5. The number of amides is 1. The van der Waals surface area contributed by atoms with Gasteiger partial charge < -0.3 is 5.32 Å². The molecule has 1 amide bonds. The van der Waals surface area contributed by atoms with Crippen molar-refractivity contribution >= 4 is 11.6 Å². The topological polar surface area (TPSA) is 29.1 Å². The molecule has 1 heterocycles. The van der Waals surface area contributed by atoms with Crippen molar-refractivity contribution in [1.82, 2.24) is 0 Å². The molecule has 0 aromatic heterocycles. The van der Waals surface area contributed by atoms with Crippen LogP contribution >= 0.6 is 0 Å². The number of anilines is 1. The van der Waals surface area contributed by atoms with Crippen LogP contribution in [0.15, 0.2) is 18.2 Å². The fourth-order valence-electron chi connectivity index (χ4n) is 2.23. The molecule has 1 unspecified atom stereocenters. The largest absolute Gasteiger partial charge is 0.323 e. The first-order chi connectivity index (χ1) is 7.47. The van der Waals surface area contributed by atoms with E-state index >= 15 is 0 Å². The van der Waals surface area contributed by atoms with Gasteiger partial charge in [-0.2, -0.15) is 0 Å². The average molecular weight is 221 g/mol. The average Bonchev–Trinajstić information content (AvgIpc) is 2.57. The van der Waals surface area contributed by atoms with Gasteiger partial charge in [-0.25, -0.2) is 4.39 Å². The van der Waals surface area contributed by atoms with Gasteiger partial charge in [-0.3, -0.25) is 4.79 Å². The SMILES string of the molecule is CCC(C)(C)C1C(=O)Nc2c(F)cccc21. The third kappa shape index (κ3) is 1.51. The van der Waals surface area contributed by atoms with E-state index in [1.54, 1.807) is 6.07 Å². The molecule has 0 saturated heterocycles. The highest BCUT2D eigenvalue weighted by molar-refractivity contribution is 6.03. The Balaban J connectivity index is 2.53. The molecule has 0 radical (unpaired) electrons. The molecule has 2 nitrogen and oxygen atoms in total. The minimum absolute atomic E-state index is 0.0908. The molecular formula is C13H16FNO. The minimum atomic E-state index is -0.347. The second-order valence-electron chi connectivity index (χ2n) is 4.97. The zero-order valence-electron chi connectivity index (χ0n) is 9.80.